The third-order valence-corrected chi connectivity index (χ3v) is 6.75. The molecular weight excluding hydrogens is 524 g/mol. The first kappa shape index (κ1) is 26.3. The van der Waals surface area contributed by atoms with Crippen molar-refractivity contribution in [3.05, 3.63) is 57.7 Å². The summed E-state index contributed by atoms with van der Waals surface area (Å²) >= 11 is 3.46. The molecule has 0 bridgehead atoms. The molecule has 7 nitrogen and oxygen atoms in total. The highest BCUT2D eigenvalue weighted by atomic mass is 79.9. The van der Waals surface area contributed by atoms with Gasteiger partial charge in [0.2, 0.25) is 0 Å². The van der Waals surface area contributed by atoms with Crippen LogP contribution in [0.1, 0.15) is 41.4 Å². The van der Waals surface area contributed by atoms with E-state index < -0.39 is 5.97 Å². The Morgan fingerprint density at radius 1 is 1.24 bits per heavy atom. The minimum absolute atomic E-state index is 0. The summed E-state index contributed by atoms with van der Waals surface area (Å²) in [6.45, 7) is 4.51. The van der Waals surface area contributed by atoms with Gasteiger partial charge in [-0.2, -0.15) is 0 Å². The Bertz CT molecular complexity index is 1110. The van der Waals surface area contributed by atoms with Gasteiger partial charge in [-0.3, -0.25) is 4.90 Å². The van der Waals surface area contributed by atoms with Gasteiger partial charge in [-0.25, -0.2) is 4.79 Å². The summed E-state index contributed by atoms with van der Waals surface area (Å²) < 4.78 is 11.9. The molecule has 1 saturated heterocycles. The summed E-state index contributed by atoms with van der Waals surface area (Å²) in [4.78, 5) is 18.6. The number of nitrogens with zero attached hydrogens (tertiary/aromatic N) is 1. The molecule has 0 saturated carbocycles. The normalized spacial score (nSPS) is 14.7. The van der Waals surface area contributed by atoms with E-state index in [1.807, 2.05) is 30.3 Å². The summed E-state index contributed by atoms with van der Waals surface area (Å²) in [5.74, 6) is 0.688. The molecule has 34 heavy (non-hydrogen) atoms. The number of halogens is 2. The lowest BCUT2D eigenvalue weighted by molar-refractivity contribution is 0.0525. The largest absolute Gasteiger partial charge is 0.506 e. The number of benzene rings is 2. The lowest BCUT2D eigenvalue weighted by atomic mass is 9.96. The summed E-state index contributed by atoms with van der Waals surface area (Å²) in [6.07, 6.45) is 1.81. The number of carbonyl (C=O) groups is 1. The zero-order chi connectivity index (χ0) is 23.4. The number of H-pyrrole nitrogens is 1. The number of aliphatic hydroxyl groups is 1. The molecule has 2 heterocycles. The molecule has 1 fully saturated rings. The van der Waals surface area contributed by atoms with Crippen LogP contribution in [-0.4, -0.2) is 52.4 Å². The maximum Gasteiger partial charge on any atom is 0.340 e. The van der Waals surface area contributed by atoms with Crippen molar-refractivity contribution in [3.8, 4) is 11.5 Å². The number of esters is 1. The summed E-state index contributed by atoms with van der Waals surface area (Å²) in [7, 11) is 0. The number of para-hydroxylation sites is 1. The lowest BCUT2D eigenvalue weighted by Gasteiger charge is -2.31. The average Bonchev–Trinajstić information content (AvgIpc) is 3.19. The fourth-order valence-electron chi connectivity index (χ4n) is 4.37. The van der Waals surface area contributed by atoms with Crippen molar-refractivity contribution in [1.82, 2.24) is 9.88 Å². The highest BCUT2D eigenvalue weighted by molar-refractivity contribution is 9.10. The number of aromatic nitrogens is 1. The minimum Gasteiger partial charge on any atom is -0.506 e. The molecule has 9 heteroatoms. The zero-order valence-electron chi connectivity index (χ0n) is 19.1. The first-order valence-corrected chi connectivity index (χ1v) is 12.0. The molecule has 4 rings (SSSR count). The number of rotatable bonds is 8. The standard InChI is InChI=1S/C25H29BrN2O5.ClH/c1-2-32-25(31)23-21(15-33-17-6-4-3-5-7-17)27-20-12-19(26)24(30)18(22(20)23)13-28-10-8-16(14-29)9-11-28;/h3-7,12,16,27,29-30H,2,8-11,13-15H2,1H3;1H. The summed E-state index contributed by atoms with van der Waals surface area (Å²) in [5.41, 5.74) is 2.40. The SMILES string of the molecule is CCOC(=O)c1c(COc2ccccc2)[nH]c2cc(Br)c(O)c(CN3CCC(CO)CC3)c12.Cl. The Morgan fingerprint density at radius 2 is 1.94 bits per heavy atom. The molecule has 1 aliphatic heterocycles. The van der Waals surface area contributed by atoms with E-state index >= 15 is 0 Å². The van der Waals surface area contributed by atoms with Crippen molar-refractivity contribution in [2.24, 2.45) is 5.92 Å². The fourth-order valence-corrected chi connectivity index (χ4v) is 4.83. The molecule has 0 aliphatic carbocycles. The third-order valence-electron chi connectivity index (χ3n) is 6.14. The zero-order valence-corrected chi connectivity index (χ0v) is 21.5. The van der Waals surface area contributed by atoms with E-state index in [2.05, 4.69) is 25.8 Å². The Balaban J connectivity index is 0.00000324. The van der Waals surface area contributed by atoms with Crippen molar-refractivity contribution in [3.63, 3.8) is 0 Å². The van der Waals surface area contributed by atoms with Crippen LogP contribution in [0.3, 0.4) is 0 Å². The topological polar surface area (TPSA) is 95.0 Å². The smallest absolute Gasteiger partial charge is 0.340 e. The molecule has 2 aromatic carbocycles. The first-order chi connectivity index (χ1) is 16.0. The van der Waals surface area contributed by atoms with Crippen molar-refractivity contribution < 1.29 is 24.5 Å². The summed E-state index contributed by atoms with van der Waals surface area (Å²) in [5, 5.41) is 21.1. The maximum absolute atomic E-state index is 13.0. The first-order valence-electron chi connectivity index (χ1n) is 11.2. The highest BCUT2D eigenvalue weighted by Gasteiger charge is 2.27. The van der Waals surface area contributed by atoms with Crippen LogP contribution in [0.15, 0.2) is 40.9 Å². The number of piperidine rings is 1. The molecule has 0 amide bonds. The van der Waals surface area contributed by atoms with Gasteiger partial charge in [0.05, 0.1) is 22.3 Å². The number of likely N-dealkylation sites (tertiary alicyclic amines) is 1. The number of aromatic hydroxyl groups is 1. The van der Waals surface area contributed by atoms with Crippen molar-refractivity contribution in [2.45, 2.75) is 32.9 Å². The van der Waals surface area contributed by atoms with E-state index in [-0.39, 0.29) is 38.0 Å². The molecular formula is C25H30BrClN2O5. The number of carbonyl (C=O) groups excluding carboxylic acids is 1. The number of ether oxygens (including phenoxy) is 2. The monoisotopic (exact) mass is 552 g/mol. The van der Waals surface area contributed by atoms with Crippen LogP contribution < -0.4 is 4.74 Å². The minimum atomic E-state index is -0.447. The van der Waals surface area contributed by atoms with E-state index in [1.54, 1.807) is 13.0 Å². The lowest BCUT2D eigenvalue weighted by Crippen LogP contribution is -2.34. The van der Waals surface area contributed by atoms with Gasteiger partial charge >= 0.3 is 5.97 Å². The molecule has 0 atom stereocenters. The molecule has 3 aromatic rings. The predicted octanol–water partition coefficient (Wildman–Crippen LogP) is 5.02. The number of phenols is 1. The molecule has 184 valence electrons. The average molecular weight is 554 g/mol. The molecule has 0 unspecified atom stereocenters. The Labute approximate surface area is 213 Å². The summed E-state index contributed by atoms with van der Waals surface area (Å²) in [6, 6.07) is 11.2. The number of nitrogens with one attached hydrogen (secondary N) is 1. The van der Waals surface area contributed by atoms with E-state index in [9.17, 15) is 15.0 Å². The molecule has 3 N–H and O–H groups in total. The number of fused-ring (bicyclic) bond motifs is 1. The third kappa shape index (κ3) is 5.68. The van der Waals surface area contributed by atoms with Gasteiger partial charge in [0, 0.05) is 29.6 Å². The number of hydrogen-bond acceptors (Lipinski definition) is 6. The number of aromatic amines is 1. The van der Waals surface area contributed by atoms with Crippen LogP contribution in [0.5, 0.6) is 11.5 Å². The van der Waals surface area contributed by atoms with Crippen LogP contribution in [-0.2, 0) is 17.9 Å². The Hall–Kier alpha value is -2.26. The molecule has 0 spiro atoms. The van der Waals surface area contributed by atoms with Gasteiger partial charge in [0.15, 0.2) is 0 Å². The van der Waals surface area contributed by atoms with Crippen LogP contribution in [0.4, 0.5) is 0 Å². The molecule has 1 aromatic heterocycles. The fraction of sp³-hybridized carbons (Fsp3) is 0.400. The predicted molar refractivity (Wildman–Crippen MR) is 137 cm³/mol. The van der Waals surface area contributed by atoms with Crippen LogP contribution in [0.25, 0.3) is 10.9 Å². The van der Waals surface area contributed by atoms with E-state index in [4.69, 9.17) is 9.47 Å². The van der Waals surface area contributed by atoms with E-state index in [0.717, 1.165) is 31.4 Å². The van der Waals surface area contributed by atoms with Crippen molar-refractivity contribution in [2.75, 3.05) is 26.3 Å². The van der Waals surface area contributed by atoms with Gasteiger partial charge in [-0.1, -0.05) is 18.2 Å². The van der Waals surface area contributed by atoms with E-state index in [0.29, 0.717) is 44.9 Å². The number of hydrogen-bond donors (Lipinski definition) is 3. The second-order valence-electron chi connectivity index (χ2n) is 8.31. The molecule has 0 radical (unpaired) electrons. The van der Waals surface area contributed by atoms with Gasteiger partial charge in [-0.15, -0.1) is 12.4 Å². The Morgan fingerprint density at radius 3 is 2.59 bits per heavy atom. The van der Waals surface area contributed by atoms with Crippen LogP contribution in [0.2, 0.25) is 0 Å². The number of phenolic OH excluding ortho intramolecular Hbond substituents is 1. The van der Waals surface area contributed by atoms with Gasteiger partial charge in [-0.05, 0) is 72.9 Å². The van der Waals surface area contributed by atoms with Gasteiger partial charge < -0.3 is 24.7 Å². The van der Waals surface area contributed by atoms with Crippen molar-refractivity contribution >= 4 is 45.2 Å². The highest BCUT2D eigenvalue weighted by Crippen LogP contribution is 2.39. The van der Waals surface area contributed by atoms with Crippen molar-refractivity contribution in [1.29, 1.82) is 0 Å². The van der Waals surface area contributed by atoms with Gasteiger partial charge in [0.1, 0.15) is 18.1 Å². The Kier molecular flexibility index (Phi) is 9.24. The molecule has 1 aliphatic rings. The van der Waals surface area contributed by atoms with E-state index in [1.165, 1.54) is 0 Å². The second-order valence-corrected chi connectivity index (χ2v) is 9.17. The maximum atomic E-state index is 13.0. The number of aliphatic hydroxyl groups excluding tert-OH is 1. The quantitative estimate of drug-likeness (QED) is 0.339. The van der Waals surface area contributed by atoms with Crippen LogP contribution in [0, 0.1) is 5.92 Å². The van der Waals surface area contributed by atoms with Crippen LogP contribution >= 0.6 is 28.3 Å². The van der Waals surface area contributed by atoms with Gasteiger partial charge in [0.25, 0.3) is 0 Å². The second kappa shape index (κ2) is 11.9.